The third kappa shape index (κ3) is 1.76. The summed E-state index contributed by atoms with van der Waals surface area (Å²) in [6.45, 7) is 3.47. The number of benzene rings is 1. The van der Waals surface area contributed by atoms with Crippen molar-refractivity contribution in [1.82, 2.24) is 19.8 Å². The number of hydrogen-bond donors (Lipinski definition) is 1. The van der Waals surface area contributed by atoms with Gasteiger partial charge in [0, 0.05) is 54.2 Å². The summed E-state index contributed by atoms with van der Waals surface area (Å²) in [6, 6.07) is 13.1. The van der Waals surface area contributed by atoms with Crippen LogP contribution in [0.3, 0.4) is 0 Å². The van der Waals surface area contributed by atoms with Crippen LogP contribution in [0.15, 0.2) is 48.8 Å². The molecular weight excluding hydrogens is 308 g/mol. The van der Waals surface area contributed by atoms with Gasteiger partial charge in [0.25, 0.3) is 0 Å². The van der Waals surface area contributed by atoms with Crippen molar-refractivity contribution < 1.29 is 0 Å². The maximum absolute atomic E-state index is 4.40. The first-order valence-electron chi connectivity index (χ1n) is 9.38. The highest BCUT2D eigenvalue weighted by molar-refractivity contribution is 5.85. The van der Waals surface area contributed by atoms with Crippen LogP contribution in [0.25, 0.3) is 10.9 Å². The Morgan fingerprint density at radius 3 is 2.76 bits per heavy atom. The minimum Gasteiger partial charge on any atom is -0.357 e. The third-order valence-corrected chi connectivity index (χ3v) is 6.68. The van der Waals surface area contributed by atoms with Crippen molar-refractivity contribution in [3.63, 3.8) is 0 Å². The zero-order valence-electron chi connectivity index (χ0n) is 14.3. The summed E-state index contributed by atoms with van der Waals surface area (Å²) in [6.07, 6.45) is 7.89. The molecule has 4 heteroatoms. The SMILES string of the molecule is c1cncc([C@@H]2N3CCC4(CC3)c3[nH]c5ccccc5c3CCN24)c1. The van der Waals surface area contributed by atoms with E-state index in [0.717, 1.165) is 13.0 Å². The molecule has 4 aliphatic rings. The Morgan fingerprint density at radius 1 is 1.04 bits per heavy atom. The maximum atomic E-state index is 4.40. The molecule has 0 aliphatic carbocycles. The second-order valence-corrected chi connectivity index (χ2v) is 7.70. The summed E-state index contributed by atoms with van der Waals surface area (Å²) in [5, 5.41) is 1.43. The highest BCUT2D eigenvalue weighted by atomic mass is 15.4. The van der Waals surface area contributed by atoms with E-state index in [1.807, 2.05) is 6.20 Å². The summed E-state index contributed by atoms with van der Waals surface area (Å²) in [4.78, 5) is 13.6. The van der Waals surface area contributed by atoms with Gasteiger partial charge in [0.05, 0.1) is 11.7 Å². The summed E-state index contributed by atoms with van der Waals surface area (Å²) < 4.78 is 0. The van der Waals surface area contributed by atoms with Crippen LogP contribution in [0.1, 0.15) is 35.8 Å². The topological polar surface area (TPSA) is 35.2 Å². The monoisotopic (exact) mass is 330 g/mol. The van der Waals surface area contributed by atoms with E-state index < -0.39 is 0 Å². The molecule has 7 rings (SSSR count). The number of hydrogen-bond acceptors (Lipinski definition) is 3. The van der Waals surface area contributed by atoms with E-state index in [1.54, 1.807) is 5.56 Å². The fraction of sp³-hybridized carbons (Fsp3) is 0.381. The Labute approximate surface area is 147 Å². The molecule has 4 aliphatic heterocycles. The van der Waals surface area contributed by atoms with Crippen LogP contribution < -0.4 is 0 Å². The molecule has 0 radical (unpaired) electrons. The molecule has 1 atom stereocenters. The van der Waals surface area contributed by atoms with Crippen molar-refractivity contribution in [2.45, 2.75) is 31.0 Å². The van der Waals surface area contributed by atoms with E-state index in [1.165, 1.54) is 48.1 Å². The number of nitrogens with one attached hydrogen (secondary N) is 1. The average molecular weight is 330 g/mol. The summed E-state index contributed by atoms with van der Waals surface area (Å²) in [5.74, 6) is 0. The number of rotatable bonds is 1. The first kappa shape index (κ1) is 14.0. The first-order chi connectivity index (χ1) is 12.4. The molecular formula is C21H22N4. The van der Waals surface area contributed by atoms with Crippen molar-refractivity contribution in [3.8, 4) is 0 Å². The molecule has 6 heterocycles. The zero-order valence-corrected chi connectivity index (χ0v) is 14.3. The van der Waals surface area contributed by atoms with Gasteiger partial charge in [0.2, 0.25) is 0 Å². The van der Waals surface area contributed by atoms with Gasteiger partial charge in [0.15, 0.2) is 0 Å². The number of piperidine rings is 1. The molecule has 1 aromatic carbocycles. The Bertz CT molecular complexity index is 937. The molecule has 4 nitrogen and oxygen atoms in total. The van der Waals surface area contributed by atoms with E-state index in [2.05, 4.69) is 62.4 Å². The van der Waals surface area contributed by atoms with Crippen molar-refractivity contribution in [1.29, 1.82) is 0 Å². The van der Waals surface area contributed by atoms with Crippen LogP contribution in [-0.2, 0) is 12.0 Å². The van der Waals surface area contributed by atoms with Crippen LogP contribution in [0, 0.1) is 0 Å². The van der Waals surface area contributed by atoms with Crippen LogP contribution in [-0.4, -0.2) is 39.4 Å². The lowest BCUT2D eigenvalue weighted by Crippen LogP contribution is -2.66. The lowest BCUT2D eigenvalue weighted by molar-refractivity contribution is -0.149. The number of pyridine rings is 1. The predicted octanol–water partition coefficient (Wildman–Crippen LogP) is 3.42. The zero-order chi connectivity index (χ0) is 16.4. The number of fused-ring (bicyclic) bond motifs is 5. The van der Waals surface area contributed by atoms with E-state index in [0.29, 0.717) is 6.17 Å². The molecule has 0 saturated carbocycles. The number of aromatic amines is 1. The van der Waals surface area contributed by atoms with Gasteiger partial charge in [-0.2, -0.15) is 0 Å². The molecule has 2 aromatic heterocycles. The fourth-order valence-electron chi connectivity index (χ4n) is 5.60. The molecule has 3 fully saturated rings. The van der Waals surface area contributed by atoms with Gasteiger partial charge in [-0.05, 0) is 37.0 Å². The van der Waals surface area contributed by atoms with E-state index >= 15 is 0 Å². The second-order valence-electron chi connectivity index (χ2n) is 7.70. The maximum Gasteiger partial charge on any atom is 0.0909 e. The summed E-state index contributed by atoms with van der Waals surface area (Å²) in [5.41, 5.74) is 5.86. The number of nitrogens with zero attached hydrogens (tertiary/aromatic N) is 3. The number of para-hydroxylation sites is 1. The van der Waals surface area contributed by atoms with E-state index in [-0.39, 0.29) is 5.54 Å². The van der Waals surface area contributed by atoms with Crippen molar-refractivity contribution >= 4 is 10.9 Å². The lowest BCUT2D eigenvalue weighted by Gasteiger charge is -2.62. The van der Waals surface area contributed by atoms with E-state index in [4.69, 9.17) is 0 Å². The summed E-state index contributed by atoms with van der Waals surface area (Å²) >= 11 is 0. The van der Waals surface area contributed by atoms with Gasteiger partial charge in [-0.15, -0.1) is 0 Å². The van der Waals surface area contributed by atoms with Crippen molar-refractivity contribution in [2.75, 3.05) is 19.6 Å². The average Bonchev–Trinajstić information content (AvgIpc) is 3.08. The highest BCUT2D eigenvalue weighted by Gasteiger charge is 2.55. The predicted molar refractivity (Wildman–Crippen MR) is 98.2 cm³/mol. The van der Waals surface area contributed by atoms with E-state index in [9.17, 15) is 0 Å². The number of aromatic nitrogens is 2. The Kier molecular flexibility index (Phi) is 2.77. The van der Waals surface area contributed by atoms with Crippen LogP contribution in [0.4, 0.5) is 0 Å². The van der Waals surface area contributed by atoms with Crippen LogP contribution in [0.2, 0.25) is 0 Å². The first-order valence-corrected chi connectivity index (χ1v) is 9.38. The van der Waals surface area contributed by atoms with Gasteiger partial charge >= 0.3 is 0 Å². The minimum atomic E-state index is 0.169. The largest absolute Gasteiger partial charge is 0.357 e. The molecule has 3 saturated heterocycles. The highest BCUT2D eigenvalue weighted by Crippen LogP contribution is 2.53. The Morgan fingerprint density at radius 2 is 1.92 bits per heavy atom. The normalized spacial score (nSPS) is 31.0. The van der Waals surface area contributed by atoms with Gasteiger partial charge < -0.3 is 4.98 Å². The number of H-pyrrole nitrogens is 1. The third-order valence-electron chi connectivity index (χ3n) is 6.68. The fourth-order valence-corrected chi connectivity index (χ4v) is 5.60. The smallest absolute Gasteiger partial charge is 0.0909 e. The van der Waals surface area contributed by atoms with Gasteiger partial charge in [-0.3, -0.25) is 14.8 Å². The molecule has 2 bridgehead atoms. The minimum absolute atomic E-state index is 0.169. The molecule has 1 N–H and O–H groups in total. The standard InChI is InChI=1S/C21H22N4/c1-2-6-18-16(5-1)17-7-11-25-20(15-4-3-10-22-14-15)24-12-8-21(25,9-13-24)19(17)23-18/h1-6,10,14,20,23H,7-9,11-13H2/t20-/m1/s1. The van der Waals surface area contributed by atoms with Crippen LogP contribution in [0.5, 0.6) is 0 Å². The van der Waals surface area contributed by atoms with Crippen LogP contribution >= 0.6 is 0 Å². The Hall–Kier alpha value is -2.17. The molecule has 3 aromatic rings. The quantitative estimate of drug-likeness (QED) is 0.742. The molecule has 0 unspecified atom stereocenters. The molecule has 1 spiro atoms. The second kappa shape index (κ2) is 4.93. The van der Waals surface area contributed by atoms with Crippen molar-refractivity contribution in [3.05, 3.63) is 65.6 Å². The van der Waals surface area contributed by atoms with Gasteiger partial charge in [-0.1, -0.05) is 24.3 Å². The summed E-state index contributed by atoms with van der Waals surface area (Å²) in [7, 11) is 0. The molecule has 126 valence electrons. The molecule has 25 heavy (non-hydrogen) atoms. The lowest BCUT2D eigenvalue weighted by atomic mass is 9.74. The van der Waals surface area contributed by atoms with Gasteiger partial charge in [0.1, 0.15) is 0 Å². The van der Waals surface area contributed by atoms with Gasteiger partial charge in [-0.25, -0.2) is 0 Å². The Balaban J connectivity index is 1.55. The molecule has 0 amide bonds. The van der Waals surface area contributed by atoms with Crippen molar-refractivity contribution in [2.24, 2.45) is 0 Å².